The van der Waals surface area contributed by atoms with E-state index in [1.54, 1.807) is 4.52 Å². The quantitative estimate of drug-likeness (QED) is 0.631. The third-order valence-corrected chi connectivity index (χ3v) is 3.85. The van der Waals surface area contributed by atoms with Crippen molar-refractivity contribution in [2.75, 3.05) is 0 Å². The molecular formula is C14H11ClN4. The summed E-state index contributed by atoms with van der Waals surface area (Å²) in [6.07, 6.45) is 2.00. The highest BCUT2D eigenvalue weighted by Crippen LogP contribution is 2.33. The fourth-order valence-electron chi connectivity index (χ4n) is 2.65. The van der Waals surface area contributed by atoms with Crippen molar-refractivity contribution in [3.63, 3.8) is 0 Å². The molecule has 0 fully saturated rings. The largest absolute Gasteiger partial charge is 0.197 e. The van der Waals surface area contributed by atoms with Gasteiger partial charge in [0.15, 0.2) is 11.5 Å². The maximum Gasteiger partial charge on any atom is 0.178 e. The van der Waals surface area contributed by atoms with Crippen LogP contribution in [0.1, 0.15) is 17.0 Å². The molecule has 0 N–H and O–H groups in total. The van der Waals surface area contributed by atoms with Gasteiger partial charge in [0.1, 0.15) is 0 Å². The molecule has 1 aliphatic carbocycles. The summed E-state index contributed by atoms with van der Waals surface area (Å²) in [6, 6.07) is 8.10. The van der Waals surface area contributed by atoms with Crippen LogP contribution in [0.4, 0.5) is 0 Å². The van der Waals surface area contributed by atoms with Crippen molar-refractivity contribution in [3.05, 3.63) is 46.2 Å². The van der Waals surface area contributed by atoms with Crippen LogP contribution in [-0.2, 0) is 12.8 Å². The van der Waals surface area contributed by atoms with Crippen LogP contribution in [0.25, 0.3) is 16.9 Å². The Balaban J connectivity index is 2.06. The topological polar surface area (TPSA) is 43.1 Å². The second kappa shape index (κ2) is 3.78. The van der Waals surface area contributed by atoms with Crippen molar-refractivity contribution in [1.29, 1.82) is 0 Å². The number of hydrogen-bond acceptors (Lipinski definition) is 3. The average Bonchev–Trinajstić information content (AvgIpc) is 2.78. The minimum Gasteiger partial charge on any atom is -0.197 e. The van der Waals surface area contributed by atoms with Gasteiger partial charge in [-0.3, -0.25) is 0 Å². The molecule has 0 atom stereocenters. The van der Waals surface area contributed by atoms with E-state index in [0.717, 1.165) is 40.6 Å². The number of fused-ring (bicyclic) bond motifs is 4. The molecule has 0 radical (unpaired) electrons. The van der Waals surface area contributed by atoms with Crippen molar-refractivity contribution < 1.29 is 0 Å². The van der Waals surface area contributed by atoms with Gasteiger partial charge in [-0.05, 0) is 49.1 Å². The molecule has 0 bridgehead atoms. The third kappa shape index (κ3) is 1.56. The summed E-state index contributed by atoms with van der Waals surface area (Å²) in [5, 5.41) is 13.6. The number of hydrogen-bond donors (Lipinski definition) is 0. The first-order valence-corrected chi connectivity index (χ1v) is 6.61. The Morgan fingerprint density at radius 3 is 2.84 bits per heavy atom. The lowest BCUT2D eigenvalue weighted by Gasteiger charge is -2.18. The summed E-state index contributed by atoms with van der Waals surface area (Å²) in [5.74, 6) is 0.798. The Bertz CT molecular complexity index is 807. The van der Waals surface area contributed by atoms with Crippen LogP contribution in [0.15, 0.2) is 24.3 Å². The van der Waals surface area contributed by atoms with Crippen LogP contribution >= 0.6 is 11.6 Å². The zero-order valence-corrected chi connectivity index (χ0v) is 11.1. The zero-order valence-electron chi connectivity index (χ0n) is 10.4. The highest BCUT2D eigenvalue weighted by molar-refractivity contribution is 6.30. The van der Waals surface area contributed by atoms with Gasteiger partial charge in [0.05, 0.1) is 5.69 Å². The van der Waals surface area contributed by atoms with E-state index in [1.165, 1.54) is 11.1 Å². The summed E-state index contributed by atoms with van der Waals surface area (Å²) in [5.41, 5.74) is 5.45. The molecule has 0 saturated carbocycles. The van der Waals surface area contributed by atoms with Crippen LogP contribution in [0.5, 0.6) is 0 Å². The molecule has 94 valence electrons. The van der Waals surface area contributed by atoms with Crippen molar-refractivity contribution >= 4 is 17.2 Å². The van der Waals surface area contributed by atoms with E-state index in [1.807, 2.05) is 19.1 Å². The van der Waals surface area contributed by atoms with E-state index in [4.69, 9.17) is 16.7 Å². The number of aromatic nitrogens is 4. The average molecular weight is 271 g/mol. The van der Waals surface area contributed by atoms with Crippen molar-refractivity contribution in [2.45, 2.75) is 19.8 Å². The molecule has 4 rings (SSSR count). The minimum absolute atomic E-state index is 0.744. The normalized spacial score (nSPS) is 13.4. The molecule has 3 aromatic rings. The molecular weight excluding hydrogens is 260 g/mol. The Morgan fingerprint density at radius 1 is 1.11 bits per heavy atom. The predicted octanol–water partition coefficient (Wildman–Crippen LogP) is 2.85. The molecule has 0 amide bonds. The zero-order chi connectivity index (χ0) is 13.0. The van der Waals surface area contributed by atoms with Gasteiger partial charge in [-0.2, -0.15) is 9.61 Å². The summed E-state index contributed by atoms with van der Waals surface area (Å²) >= 11 is 6.11. The molecule has 1 aliphatic rings. The van der Waals surface area contributed by atoms with Gasteiger partial charge in [0.25, 0.3) is 0 Å². The maximum absolute atomic E-state index is 6.11. The van der Waals surface area contributed by atoms with E-state index < -0.39 is 0 Å². The highest BCUT2D eigenvalue weighted by Gasteiger charge is 2.19. The van der Waals surface area contributed by atoms with Gasteiger partial charge in [-0.1, -0.05) is 17.7 Å². The van der Waals surface area contributed by atoms with Crippen LogP contribution < -0.4 is 0 Å². The van der Waals surface area contributed by atoms with E-state index >= 15 is 0 Å². The summed E-state index contributed by atoms with van der Waals surface area (Å²) in [6.45, 7) is 1.90. The molecule has 2 heterocycles. The number of halogens is 1. The SMILES string of the molecule is Cc1nnc2cc3c(nn12)-c1cc(Cl)ccc1CC3. The van der Waals surface area contributed by atoms with Gasteiger partial charge in [-0.25, -0.2) is 0 Å². The third-order valence-electron chi connectivity index (χ3n) is 3.62. The fraction of sp³-hybridized carbons (Fsp3) is 0.214. The van der Waals surface area contributed by atoms with Crippen molar-refractivity contribution in [3.8, 4) is 11.3 Å². The smallest absolute Gasteiger partial charge is 0.178 e. The minimum atomic E-state index is 0.744. The van der Waals surface area contributed by atoms with Crippen molar-refractivity contribution in [1.82, 2.24) is 19.8 Å². The fourth-order valence-corrected chi connectivity index (χ4v) is 2.82. The Morgan fingerprint density at radius 2 is 1.95 bits per heavy atom. The second-order valence-corrected chi connectivity index (χ2v) is 5.27. The van der Waals surface area contributed by atoms with Crippen LogP contribution in [0.3, 0.4) is 0 Å². The van der Waals surface area contributed by atoms with Gasteiger partial charge in [0, 0.05) is 10.6 Å². The molecule has 4 nitrogen and oxygen atoms in total. The Hall–Kier alpha value is -1.94. The Labute approximate surface area is 115 Å². The highest BCUT2D eigenvalue weighted by atomic mass is 35.5. The number of benzene rings is 1. The monoisotopic (exact) mass is 270 g/mol. The van der Waals surface area contributed by atoms with Gasteiger partial charge in [-0.15, -0.1) is 10.2 Å². The molecule has 0 saturated heterocycles. The summed E-state index contributed by atoms with van der Waals surface area (Å²) in [4.78, 5) is 0. The molecule has 0 unspecified atom stereocenters. The summed E-state index contributed by atoms with van der Waals surface area (Å²) in [7, 11) is 0. The second-order valence-electron chi connectivity index (χ2n) is 4.84. The van der Waals surface area contributed by atoms with E-state index in [2.05, 4.69) is 22.3 Å². The molecule has 19 heavy (non-hydrogen) atoms. The molecule has 0 aliphatic heterocycles. The lowest BCUT2D eigenvalue weighted by atomic mass is 9.89. The number of aryl methyl sites for hydroxylation is 3. The first kappa shape index (κ1) is 10.9. The summed E-state index contributed by atoms with van der Waals surface area (Å²) < 4.78 is 1.79. The lowest BCUT2D eigenvalue weighted by Crippen LogP contribution is -2.09. The molecule has 2 aromatic heterocycles. The number of rotatable bonds is 0. The molecule has 1 aromatic carbocycles. The Kier molecular flexibility index (Phi) is 2.17. The molecule has 0 spiro atoms. The standard InChI is InChI=1S/C14H11ClN4/c1-8-16-17-13-6-10-3-2-9-4-5-11(15)7-12(9)14(10)18-19(8)13/h4-7H,2-3H2,1H3. The van der Waals surface area contributed by atoms with Crippen LogP contribution in [0, 0.1) is 6.92 Å². The predicted molar refractivity (Wildman–Crippen MR) is 73.4 cm³/mol. The van der Waals surface area contributed by atoms with Crippen LogP contribution in [-0.4, -0.2) is 19.8 Å². The van der Waals surface area contributed by atoms with E-state index in [9.17, 15) is 0 Å². The first-order valence-electron chi connectivity index (χ1n) is 6.23. The lowest BCUT2D eigenvalue weighted by molar-refractivity contribution is 0.843. The van der Waals surface area contributed by atoms with Crippen LogP contribution in [0.2, 0.25) is 5.02 Å². The van der Waals surface area contributed by atoms with Crippen molar-refractivity contribution in [2.24, 2.45) is 0 Å². The maximum atomic E-state index is 6.11. The van der Waals surface area contributed by atoms with Gasteiger partial charge >= 0.3 is 0 Å². The van der Waals surface area contributed by atoms with E-state index in [-0.39, 0.29) is 0 Å². The first-order chi connectivity index (χ1) is 9.22. The van der Waals surface area contributed by atoms with Gasteiger partial charge < -0.3 is 0 Å². The van der Waals surface area contributed by atoms with E-state index in [0.29, 0.717) is 0 Å². The number of nitrogens with zero attached hydrogens (tertiary/aromatic N) is 4. The van der Waals surface area contributed by atoms with Gasteiger partial charge in [0.2, 0.25) is 0 Å². The molecule has 5 heteroatoms.